The van der Waals surface area contributed by atoms with Gasteiger partial charge in [0.25, 0.3) is 5.91 Å². The summed E-state index contributed by atoms with van der Waals surface area (Å²) in [7, 11) is 1.35. The normalized spacial score (nSPS) is 22.6. The number of hydrogen-bond acceptors (Lipinski definition) is 6. The van der Waals surface area contributed by atoms with Crippen LogP contribution in [0.15, 0.2) is 114 Å². The van der Waals surface area contributed by atoms with Crippen molar-refractivity contribution in [1.82, 2.24) is 10.2 Å². The van der Waals surface area contributed by atoms with Gasteiger partial charge in [-0.1, -0.05) is 84.9 Å². The van der Waals surface area contributed by atoms with E-state index in [-0.39, 0.29) is 23.6 Å². The van der Waals surface area contributed by atoms with Crippen molar-refractivity contribution in [2.75, 3.05) is 25.5 Å². The van der Waals surface area contributed by atoms with Crippen LogP contribution in [0.4, 0.5) is 5.69 Å². The summed E-state index contributed by atoms with van der Waals surface area (Å²) in [6.45, 7) is 2.69. The number of carbonyl (C=O) groups excluding carboxylic acids is 2. The van der Waals surface area contributed by atoms with Gasteiger partial charge in [-0.15, -0.1) is 0 Å². The average Bonchev–Trinajstić information content (AvgIpc) is 3.61. The number of fused-ring (bicyclic) bond motifs is 2. The van der Waals surface area contributed by atoms with Crippen molar-refractivity contribution in [1.29, 1.82) is 0 Å². The minimum Gasteiger partial charge on any atom is -0.466 e. The molecule has 0 saturated carbocycles. The molecule has 2 bridgehead atoms. The molecule has 3 aromatic rings. The fraction of sp³-hybridized carbons (Fsp3) is 0.314. The maximum atomic E-state index is 13.9. The summed E-state index contributed by atoms with van der Waals surface area (Å²) >= 11 is 0. The maximum absolute atomic E-state index is 13.9. The average molecular weight is 564 g/mol. The molecule has 3 heterocycles. The molecular formula is C35H37N3O4. The zero-order chi connectivity index (χ0) is 28.9. The van der Waals surface area contributed by atoms with Crippen molar-refractivity contribution in [2.24, 2.45) is 0 Å². The first-order valence-electron chi connectivity index (χ1n) is 14.7. The topological polar surface area (TPSA) is 79.9 Å². The van der Waals surface area contributed by atoms with E-state index in [1.54, 1.807) is 0 Å². The predicted octanol–water partition coefficient (Wildman–Crippen LogP) is 4.67. The van der Waals surface area contributed by atoms with Gasteiger partial charge < -0.3 is 20.1 Å². The second-order valence-corrected chi connectivity index (χ2v) is 11.2. The van der Waals surface area contributed by atoms with Crippen molar-refractivity contribution >= 4 is 17.6 Å². The van der Waals surface area contributed by atoms with Crippen molar-refractivity contribution in [3.63, 3.8) is 0 Å². The van der Waals surface area contributed by atoms with Crippen LogP contribution in [-0.4, -0.2) is 60.8 Å². The SMILES string of the molecule is COC(=O)C1=C(C(=O)NC2CCN(Cc3ccccc3)CC2)C2C=CC1(C(Cc1ccccc1)Nc1ccccc1)O2. The number of rotatable bonds is 10. The molecule has 0 radical (unpaired) electrons. The molecule has 7 heteroatoms. The van der Waals surface area contributed by atoms with Crippen LogP contribution in [0, 0.1) is 0 Å². The van der Waals surface area contributed by atoms with Gasteiger partial charge in [0.05, 0.1) is 24.3 Å². The number of methoxy groups -OCH3 is 1. The van der Waals surface area contributed by atoms with Gasteiger partial charge in [-0.3, -0.25) is 9.69 Å². The number of ether oxygens (including phenoxy) is 2. The summed E-state index contributed by atoms with van der Waals surface area (Å²) < 4.78 is 11.9. The summed E-state index contributed by atoms with van der Waals surface area (Å²) in [4.78, 5) is 29.7. The van der Waals surface area contributed by atoms with Crippen LogP contribution in [0.1, 0.15) is 24.0 Å². The van der Waals surface area contributed by atoms with E-state index in [0.717, 1.165) is 43.7 Å². The van der Waals surface area contributed by atoms with Crippen LogP contribution < -0.4 is 10.6 Å². The summed E-state index contributed by atoms with van der Waals surface area (Å²) in [6.07, 6.45) is 5.46. The van der Waals surface area contributed by atoms with E-state index in [1.165, 1.54) is 12.7 Å². The van der Waals surface area contributed by atoms with E-state index >= 15 is 0 Å². The third kappa shape index (κ3) is 5.75. The molecule has 3 aromatic carbocycles. The van der Waals surface area contributed by atoms with Gasteiger partial charge in [0.2, 0.25) is 0 Å². The first-order chi connectivity index (χ1) is 20.6. The van der Waals surface area contributed by atoms with Crippen LogP contribution in [0.25, 0.3) is 0 Å². The molecule has 1 saturated heterocycles. The molecule has 0 aromatic heterocycles. The molecule has 7 nitrogen and oxygen atoms in total. The lowest BCUT2D eigenvalue weighted by Gasteiger charge is -2.36. The summed E-state index contributed by atoms with van der Waals surface area (Å²) in [6, 6.07) is 30.0. The molecule has 3 aliphatic rings. The lowest BCUT2D eigenvalue weighted by atomic mass is 9.78. The Hall–Kier alpha value is -4.20. The molecule has 1 fully saturated rings. The number of carbonyl (C=O) groups is 2. The van der Waals surface area contributed by atoms with Crippen LogP contribution in [0.3, 0.4) is 0 Å². The van der Waals surface area contributed by atoms with E-state index < -0.39 is 17.7 Å². The van der Waals surface area contributed by atoms with E-state index in [1.807, 2.05) is 66.7 Å². The minimum absolute atomic E-state index is 0.0255. The molecule has 3 unspecified atom stereocenters. The van der Waals surface area contributed by atoms with Crippen LogP contribution in [0.2, 0.25) is 0 Å². The Morgan fingerprint density at radius 3 is 2.19 bits per heavy atom. The summed E-state index contributed by atoms with van der Waals surface area (Å²) in [5.41, 5.74) is 2.75. The number of para-hydroxylation sites is 1. The zero-order valence-electron chi connectivity index (χ0n) is 23.9. The molecule has 2 N–H and O–H groups in total. The van der Waals surface area contributed by atoms with Crippen LogP contribution >= 0.6 is 0 Å². The highest BCUT2D eigenvalue weighted by Crippen LogP contribution is 2.47. The Kier molecular flexibility index (Phi) is 8.22. The predicted molar refractivity (Wildman–Crippen MR) is 163 cm³/mol. The number of hydrogen-bond donors (Lipinski definition) is 2. The van der Waals surface area contributed by atoms with Gasteiger partial charge in [0.15, 0.2) is 0 Å². The van der Waals surface area contributed by atoms with Gasteiger partial charge in [-0.2, -0.15) is 0 Å². The van der Waals surface area contributed by atoms with Gasteiger partial charge in [-0.05, 0) is 48.6 Å². The maximum Gasteiger partial charge on any atom is 0.337 e. The third-order valence-electron chi connectivity index (χ3n) is 8.51. The van der Waals surface area contributed by atoms with Crippen molar-refractivity contribution in [3.05, 3.63) is 125 Å². The number of amides is 1. The quantitative estimate of drug-likeness (QED) is 0.276. The number of nitrogens with zero attached hydrogens (tertiary/aromatic N) is 1. The summed E-state index contributed by atoms with van der Waals surface area (Å²) in [5.74, 6) is -0.802. The van der Waals surface area contributed by atoms with Gasteiger partial charge in [0, 0.05) is 31.4 Å². The molecule has 0 aliphatic carbocycles. The van der Waals surface area contributed by atoms with Crippen molar-refractivity contribution in [3.8, 4) is 0 Å². The van der Waals surface area contributed by atoms with Crippen molar-refractivity contribution < 1.29 is 19.1 Å². The third-order valence-corrected chi connectivity index (χ3v) is 8.51. The van der Waals surface area contributed by atoms with Gasteiger partial charge >= 0.3 is 5.97 Å². The molecule has 6 rings (SSSR count). The Bertz CT molecular complexity index is 1410. The number of nitrogens with one attached hydrogen (secondary N) is 2. The Morgan fingerprint density at radius 2 is 1.55 bits per heavy atom. The van der Waals surface area contributed by atoms with E-state index in [9.17, 15) is 9.59 Å². The largest absolute Gasteiger partial charge is 0.466 e. The molecule has 3 atom stereocenters. The Morgan fingerprint density at radius 1 is 0.929 bits per heavy atom. The molecular weight excluding hydrogens is 526 g/mol. The Labute approximate surface area is 247 Å². The monoisotopic (exact) mass is 563 g/mol. The van der Waals surface area contributed by atoms with Crippen LogP contribution in [-0.2, 0) is 32.0 Å². The number of anilines is 1. The molecule has 216 valence electrons. The highest BCUT2D eigenvalue weighted by molar-refractivity contribution is 6.07. The minimum atomic E-state index is -1.16. The first kappa shape index (κ1) is 27.9. The van der Waals surface area contributed by atoms with E-state index in [0.29, 0.717) is 12.0 Å². The summed E-state index contributed by atoms with van der Waals surface area (Å²) in [5, 5.41) is 6.84. The van der Waals surface area contributed by atoms with Gasteiger partial charge in [-0.25, -0.2) is 4.79 Å². The lowest BCUT2D eigenvalue weighted by Crippen LogP contribution is -2.50. The highest BCUT2D eigenvalue weighted by Gasteiger charge is 2.58. The standard InChI is InChI=1S/C35H37N3O4/c1-41-34(40)32-31(33(39)37-28-18-21-38(22-19-28)24-26-13-7-3-8-14-26)29-17-20-35(32,42-29)30(23-25-11-5-2-6-12-25)36-27-15-9-4-10-16-27/h2-17,20,28-30,36H,18-19,21-24H2,1H3,(H,37,39). The molecule has 0 spiro atoms. The zero-order valence-corrected chi connectivity index (χ0v) is 23.9. The first-order valence-corrected chi connectivity index (χ1v) is 14.7. The van der Waals surface area contributed by atoms with Crippen LogP contribution in [0.5, 0.6) is 0 Å². The molecule has 3 aliphatic heterocycles. The fourth-order valence-electron chi connectivity index (χ4n) is 6.39. The second kappa shape index (κ2) is 12.3. The highest BCUT2D eigenvalue weighted by atomic mass is 16.5. The number of esters is 1. The van der Waals surface area contributed by atoms with E-state index in [4.69, 9.17) is 9.47 Å². The van der Waals surface area contributed by atoms with E-state index in [2.05, 4.69) is 51.9 Å². The smallest absolute Gasteiger partial charge is 0.337 e. The number of likely N-dealkylation sites (tertiary alicyclic amines) is 1. The lowest BCUT2D eigenvalue weighted by molar-refractivity contribution is -0.138. The van der Waals surface area contributed by atoms with Crippen molar-refractivity contribution in [2.45, 2.75) is 49.6 Å². The molecule has 42 heavy (non-hydrogen) atoms. The Balaban J connectivity index is 1.24. The fourth-order valence-corrected chi connectivity index (χ4v) is 6.39. The number of benzene rings is 3. The van der Waals surface area contributed by atoms with Gasteiger partial charge in [0.1, 0.15) is 11.7 Å². The molecule has 1 amide bonds. The number of piperidine rings is 1. The second-order valence-electron chi connectivity index (χ2n) is 11.2.